The summed E-state index contributed by atoms with van der Waals surface area (Å²) in [5, 5.41) is 10.4. The van der Waals surface area contributed by atoms with Crippen LogP contribution in [-0.4, -0.2) is 35.1 Å². The van der Waals surface area contributed by atoms with Gasteiger partial charge in [-0.2, -0.15) is 0 Å². The Hall–Kier alpha value is -0.850. The Morgan fingerprint density at radius 3 is 2.26 bits per heavy atom. The Morgan fingerprint density at radius 1 is 1.00 bits per heavy atom. The molecule has 2 aliphatic heterocycles. The zero-order valence-electron chi connectivity index (χ0n) is 11.6. The van der Waals surface area contributed by atoms with E-state index in [1.54, 1.807) is 0 Å². The molecule has 0 aromatic heterocycles. The first-order valence-corrected chi connectivity index (χ1v) is 7.42. The first-order chi connectivity index (χ1) is 8.74. The molecule has 0 saturated carbocycles. The van der Waals surface area contributed by atoms with Crippen molar-refractivity contribution in [2.75, 3.05) is 6.26 Å². The highest BCUT2D eigenvalue weighted by Crippen LogP contribution is 2.50. The summed E-state index contributed by atoms with van der Waals surface area (Å²) in [6.07, 6.45) is 0.503. The lowest BCUT2D eigenvalue weighted by molar-refractivity contribution is -0.158. The van der Waals surface area contributed by atoms with Crippen LogP contribution in [-0.2, 0) is 18.9 Å². The fraction of sp³-hybridized carbons (Fsp3) is 0.692. The molecule has 19 heavy (non-hydrogen) atoms. The zero-order valence-corrected chi connectivity index (χ0v) is 12.5. The van der Waals surface area contributed by atoms with Gasteiger partial charge in [-0.15, -0.1) is 11.8 Å². The average molecular weight is 286 g/mol. The Morgan fingerprint density at radius 2 is 1.63 bits per heavy atom. The first-order valence-electron chi connectivity index (χ1n) is 6.20. The standard InChI is InChI=1S/C13H18O5S/c1-12(2)15-7-6(14)8-10(18-13(3,4)16-8)11(19-5)9(7)17-12/h6-7,14H,1-5H3. The molecule has 1 saturated heterocycles. The van der Waals surface area contributed by atoms with Crippen molar-refractivity contribution < 1.29 is 24.1 Å². The van der Waals surface area contributed by atoms with Crippen LogP contribution in [0.3, 0.4) is 0 Å². The van der Waals surface area contributed by atoms with Gasteiger partial charge in [0.15, 0.2) is 17.6 Å². The number of hydrogen-bond acceptors (Lipinski definition) is 6. The molecule has 106 valence electrons. The van der Waals surface area contributed by atoms with E-state index in [0.29, 0.717) is 17.3 Å². The van der Waals surface area contributed by atoms with Gasteiger partial charge in [-0.25, -0.2) is 0 Å². The molecule has 0 aromatic carbocycles. The van der Waals surface area contributed by atoms with Gasteiger partial charge in [-0.3, -0.25) is 0 Å². The molecule has 0 aromatic rings. The van der Waals surface area contributed by atoms with E-state index in [-0.39, 0.29) is 0 Å². The number of hydrogen-bond donors (Lipinski definition) is 1. The van der Waals surface area contributed by atoms with E-state index in [1.807, 2.05) is 34.0 Å². The van der Waals surface area contributed by atoms with E-state index in [9.17, 15) is 5.11 Å². The molecule has 1 aliphatic carbocycles. The van der Waals surface area contributed by atoms with Crippen molar-refractivity contribution in [3.63, 3.8) is 0 Å². The number of thioether (sulfide) groups is 1. The monoisotopic (exact) mass is 286 g/mol. The Balaban J connectivity index is 2.06. The molecule has 3 aliphatic rings. The van der Waals surface area contributed by atoms with Crippen molar-refractivity contribution in [2.45, 2.75) is 51.5 Å². The molecule has 0 spiro atoms. The van der Waals surface area contributed by atoms with Crippen LogP contribution in [0.2, 0.25) is 0 Å². The minimum Gasteiger partial charge on any atom is -0.463 e. The van der Waals surface area contributed by atoms with Crippen molar-refractivity contribution in [3.8, 4) is 0 Å². The highest BCUT2D eigenvalue weighted by molar-refractivity contribution is 8.02. The summed E-state index contributed by atoms with van der Waals surface area (Å²) in [4.78, 5) is 0.835. The van der Waals surface area contributed by atoms with Crippen LogP contribution in [0, 0.1) is 0 Å². The lowest BCUT2D eigenvalue weighted by Crippen LogP contribution is -2.35. The van der Waals surface area contributed by atoms with Crippen LogP contribution in [0.1, 0.15) is 27.7 Å². The fourth-order valence-corrected chi connectivity index (χ4v) is 3.20. The lowest BCUT2D eigenvalue weighted by Gasteiger charge is -2.23. The second-order valence-electron chi connectivity index (χ2n) is 5.68. The van der Waals surface area contributed by atoms with E-state index in [0.717, 1.165) is 4.91 Å². The van der Waals surface area contributed by atoms with Gasteiger partial charge in [-0.1, -0.05) is 0 Å². The summed E-state index contributed by atoms with van der Waals surface area (Å²) in [6, 6.07) is 0. The second-order valence-corrected chi connectivity index (χ2v) is 6.50. The molecule has 0 bridgehead atoms. The zero-order chi connectivity index (χ0) is 14.0. The SMILES string of the molecule is CSC1=C2OC(C)(C)OC2C(O)C2=C1OC(C)(C)O2. The molecule has 3 rings (SSSR count). The molecule has 0 radical (unpaired) electrons. The first kappa shape index (κ1) is 13.1. The Labute approximate surface area is 116 Å². The third-order valence-electron chi connectivity index (χ3n) is 3.14. The smallest absolute Gasteiger partial charge is 0.245 e. The summed E-state index contributed by atoms with van der Waals surface area (Å²) in [6.45, 7) is 7.25. The summed E-state index contributed by atoms with van der Waals surface area (Å²) >= 11 is 1.50. The summed E-state index contributed by atoms with van der Waals surface area (Å²) < 4.78 is 23.1. The van der Waals surface area contributed by atoms with E-state index in [1.165, 1.54) is 11.8 Å². The van der Waals surface area contributed by atoms with Crippen LogP contribution < -0.4 is 0 Å². The lowest BCUT2D eigenvalue weighted by atomic mass is 10.0. The third kappa shape index (κ3) is 1.93. The van der Waals surface area contributed by atoms with Gasteiger partial charge >= 0.3 is 0 Å². The van der Waals surface area contributed by atoms with Crippen LogP contribution in [0.4, 0.5) is 0 Å². The molecule has 1 fully saturated rings. The second kappa shape index (κ2) is 3.84. The third-order valence-corrected chi connectivity index (χ3v) is 3.94. The van der Waals surface area contributed by atoms with Gasteiger partial charge in [0.2, 0.25) is 11.6 Å². The van der Waals surface area contributed by atoms with Crippen molar-refractivity contribution in [1.29, 1.82) is 0 Å². The minimum atomic E-state index is -0.899. The number of aliphatic hydroxyl groups excluding tert-OH is 1. The minimum absolute atomic E-state index is 0.435. The van der Waals surface area contributed by atoms with Crippen LogP contribution in [0.5, 0.6) is 0 Å². The molecule has 0 amide bonds. The predicted octanol–water partition coefficient (Wildman–Crippen LogP) is 2.08. The average Bonchev–Trinajstić information content (AvgIpc) is 2.76. The molecule has 2 heterocycles. The summed E-state index contributed by atoms with van der Waals surface area (Å²) in [7, 11) is 0. The van der Waals surface area contributed by atoms with Crippen molar-refractivity contribution >= 4 is 11.8 Å². The van der Waals surface area contributed by atoms with Crippen molar-refractivity contribution in [2.24, 2.45) is 0 Å². The highest BCUT2D eigenvalue weighted by atomic mass is 32.2. The van der Waals surface area contributed by atoms with Gasteiger partial charge in [0.1, 0.15) is 11.9 Å². The van der Waals surface area contributed by atoms with E-state index < -0.39 is 23.8 Å². The maximum absolute atomic E-state index is 10.4. The largest absolute Gasteiger partial charge is 0.463 e. The van der Waals surface area contributed by atoms with Gasteiger partial charge in [0, 0.05) is 27.7 Å². The molecule has 6 heteroatoms. The molecule has 1 N–H and O–H groups in total. The quantitative estimate of drug-likeness (QED) is 0.796. The van der Waals surface area contributed by atoms with Crippen LogP contribution in [0.15, 0.2) is 22.2 Å². The van der Waals surface area contributed by atoms with E-state index in [2.05, 4.69) is 0 Å². The van der Waals surface area contributed by atoms with Gasteiger partial charge < -0.3 is 24.1 Å². The number of ether oxygens (including phenoxy) is 4. The van der Waals surface area contributed by atoms with Gasteiger partial charge in [0.05, 0.1) is 4.91 Å². The summed E-state index contributed by atoms with van der Waals surface area (Å²) in [5.41, 5.74) is 0. The fourth-order valence-electron chi connectivity index (χ4n) is 2.51. The van der Waals surface area contributed by atoms with Gasteiger partial charge in [0.25, 0.3) is 0 Å². The number of rotatable bonds is 1. The number of fused-ring (bicyclic) bond motifs is 1. The van der Waals surface area contributed by atoms with Crippen LogP contribution >= 0.6 is 11.8 Å². The molecule has 2 atom stereocenters. The Bertz CT molecular complexity index is 491. The number of aliphatic hydroxyl groups is 1. The Kier molecular flexibility index (Phi) is 2.65. The topological polar surface area (TPSA) is 57.2 Å². The highest BCUT2D eigenvalue weighted by Gasteiger charge is 2.53. The molecular weight excluding hydrogens is 268 g/mol. The molecule has 2 unspecified atom stereocenters. The van der Waals surface area contributed by atoms with E-state index >= 15 is 0 Å². The summed E-state index contributed by atoms with van der Waals surface area (Å²) in [5.74, 6) is 0.102. The van der Waals surface area contributed by atoms with Crippen molar-refractivity contribution in [3.05, 3.63) is 22.2 Å². The van der Waals surface area contributed by atoms with E-state index in [4.69, 9.17) is 18.9 Å². The molecule has 5 nitrogen and oxygen atoms in total. The van der Waals surface area contributed by atoms with Gasteiger partial charge in [-0.05, 0) is 6.26 Å². The maximum atomic E-state index is 10.4. The maximum Gasteiger partial charge on any atom is 0.245 e. The van der Waals surface area contributed by atoms with Crippen LogP contribution in [0.25, 0.3) is 0 Å². The normalized spacial score (nSPS) is 34.4. The molecular formula is C13H18O5S. The predicted molar refractivity (Wildman–Crippen MR) is 69.9 cm³/mol. The van der Waals surface area contributed by atoms with Crippen molar-refractivity contribution in [1.82, 2.24) is 0 Å².